The minimum atomic E-state index is -0.844. The Labute approximate surface area is 121 Å². The fourth-order valence-corrected chi connectivity index (χ4v) is 3.01. The highest BCUT2D eigenvalue weighted by atomic mass is 16.5. The number of carbonyl (C=O) groups is 2. The molecule has 5 nitrogen and oxygen atoms in total. The van der Waals surface area contributed by atoms with Gasteiger partial charge in [-0.05, 0) is 24.7 Å². The molecule has 1 unspecified atom stereocenters. The number of carboxylic acids is 1. The van der Waals surface area contributed by atoms with Crippen LogP contribution in [0.1, 0.15) is 33.6 Å². The lowest BCUT2D eigenvalue weighted by Crippen LogP contribution is -2.42. The highest BCUT2D eigenvalue weighted by Crippen LogP contribution is 2.37. The van der Waals surface area contributed by atoms with Crippen molar-refractivity contribution in [2.45, 2.75) is 33.6 Å². The third kappa shape index (κ3) is 4.47. The number of hydrogen-bond acceptors (Lipinski definition) is 3. The molecule has 0 spiro atoms. The molecule has 1 N–H and O–H groups in total. The van der Waals surface area contributed by atoms with Crippen LogP contribution >= 0.6 is 0 Å². The maximum Gasteiger partial charge on any atom is 0.307 e. The molecule has 1 saturated carbocycles. The van der Waals surface area contributed by atoms with Crippen LogP contribution in [0, 0.1) is 23.7 Å². The molecule has 0 heterocycles. The number of rotatable bonds is 7. The second-order valence-electron chi connectivity index (χ2n) is 6.30. The van der Waals surface area contributed by atoms with E-state index in [-0.39, 0.29) is 11.8 Å². The molecule has 0 aromatic heterocycles. The van der Waals surface area contributed by atoms with Gasteiger partial charge in [-0.25, -0.2) is 0 Å². The van der Waals surface area contributed by atoms with E-state index >= 15 is 0 Å². The van der Waals surface area contributed by atoms with Crippen molar-refractivity contribution in [3.05, 3.63) is 0 Å². The quantitative estimate of drug-likeness (QED) is 0.775. The molecule has 1 rings (SSSR count). The van der Waals surface area contributed by atoms with Gasteiger partial charge in [-0.1, -0.05) is 20.8 Å². The second kappa shape index (κ2) is 7.62. The fraction of sp³-hybridized carbons (Fsp3) is 0.867. The number of hydrogen-bond donors (Lipinski definition) is 1. The summed E-state index contributed by atoms with van der Waals surface area (Å²) < 4.78 is 5.05. The fourth-order valence-electron chi connectivity index (χ4n) is 3.01. The first kappa shape index (κ1) is 17.0. The lowest BCUT2D eigenvalue weighted by atomic mass is 9.94. The largest absolute Gasteiger partial charge is 0.481 e. The van der Waals surface area contributed by atoms with Crippen molar-refractivity contribution < 1.29 is 19.4 Å². The van der Waals surface area contributed by atoms with E-state index in [9.17, 15) is 14.7 Å². The Kier molecular flexibility index (Phi) is 6.46. The van der Waals surface area contributed by atoms with Gasteiger partial charge in [-0.2, -0.15) is 0 Å². The van der Waals surface area contributed by atoms with Gasteiger partial charge in [-0.3, -0.25) is 9.59 Å². The number of methoxy groups -OCH3 is 1. The second-order valence-corrected chi connectivity index (χ2v) is 6.30. The van der Waals surface area contributed by atoms with Gasteiger partial charge < -0.3 is 14.7 Å². The van der Waals surface area contributed by atoms with Crippen molar-refractivity contribution in [1.29, 1.82) is 0 Å². The van der Waals surface area contributed by atoms with Crippen LogP contribution in [0.2, 0.25) is 0 Å². The zero-order valence-corrected chi connectivity index (χ0v) is 13.0. The van der Waals surface area contributed by atoms with Crippen LogP contribution in [0.3, 0.4) is 0 Å². The summed E-state index contributed by atoms with van der Waals surface area (Å²) in [5.41, 5.74) is 0. The average molecular weight is 285 g/mol. The summed E-state index contributed by atoms with van der Waals surface area (Å²) in [5, 5.41) is 9.29. The first-order valence-electron chi connectivity index (χ1n) is 7.37. The molecule has 1 fully saturated rings. The summed E-state index contributed by atoms with van der Waals surface area (Å²) in [4.78, 5) is 25.8. The zero-order valence-electron chi connectivity index (χ0n) is 13.0. The van der Waals surface area contributed by atoms with E-state index in [0.29, 0.717) is 44.4 Å². The predicted molar refractivity (Wildman–Crippen MR) is 76.3 cm³/mol. The molecule has 0 radical (unpaired) electrons. The van der Waals surface area contributed by atoms with E-state index in [0.717, 1.165) is 0 Å². The number of aliphatic carboxylic acids is 1. The first-order valence-corrected chi connectivity index (χ1v) is 7.37. The van der Waals surface area contributed by atoms with Crippen LogP contribution in [0.4, 0.5) is 0 Å². The molecule has 20 heavy (non-hydrogen) atoms. The monoisotopic (exact) mass is 285 g/mol. The van der Waals surface area contributed by atoms with Crippen molar-refractivity contribution >= 4 is 11.9 Å². The molecule has 5 heteroatoms. The topological polar surface area (TPSA) is 66.8 Å². The lowest BCUT2D eigenvalue weighted by Gasteiger charge is -2.28. The summed E-state index contributed by atoms with van der Waals surface area (Å²) in [6.45, 7) is 7.80. The Morgan fingerprint density at radius 2 is 1.90 bits per heavy atom. The molecule has 1 aliphatic rings. The van der Waals surface area contributed by atoms with Gasteiger partial charge in [0.25, 0.3) is 0 Å². The molecule has 3 atom stereocenters. The molecular weight excluding hydrogens is 258 g/mol. The third-order valence-corrected chi connectivity index (χ3v) is 3.90. The third-order valence-electron chi connectivity index (χ3n) is 3.90. The van der Waals surface area contributed by atoms with Gasteiger partial charge in [0.1, 0.15) is 0 Å². The smallest absolute Gasteiger partial charge is 0.307 e. The standard InChI is InChI=1S/C15H27NO4/c1-10(2)9-16(5-6-20-4)14(17)12-7-11(3)8-13(12)15(18)19/h10-13H,5-9H2,1-4H3,(H,18,19)/t11?,12-,13+/m0/s1. The summed E-state index contributed by atoms with van der Waals surface area (Å²) >= 11 is 0. The zero-order chi connectivity index (χ0) is 15.3. The van der Waals surface area contributed by atoms with Crippen molar-refractivity contribution in [3.8, 4) is 0 Å². The SMILES string of the molecule is COCCN(CC(C)C)C(=O)[C@H]1CC(C)C[C@H]1C(=O)O. The van der Waals surface area contributed by atoms with E-state index in [1.165, 1.54) is 0 Å². The van der Waals surface area contributed by atoms with Crippen molar-refractivity contribution in [1.82, 2.24) is 4.90 Å². The highest BCUT2D eigenvalue weighted by Gasteiger charge is 2.42. The summed E-state index contributed by atoms with van der Waals surface area (Å²) in [6.07, 6.45) is 1.28. The van der Waals surface area contributed by atoms with Gasteiger partial charge in [0, 0.05) is 20.2 Å². The summed E-state index contributed by atoms with van der Waals surface area (Å²) in [7, 11) is 1.61. The minimum absolute atomic E-state index is 0.0208. The molecule has 0 saturated heterocycles. The van der Waals surface area contributed by atoms with Gasteiger partial charge in [0.15, 0.2) is 0 Å². The normalized spacial score (nSPS) is 25.9. The first-order chi connectivity index (χ1) is 9.36. The minimum Gasteiger partial charge on any atom is -0.481 e. The van der Waals surface area contributed by atoms with E-state index in [4.69, 9.17) is 4.74 Å². The Bertz CT molecular complexity index is 343. The van der Waals surface area contributed by atoms with E-state index in [1.54, 1.807) is 12.0 Å². The van der Waals surface area contributed by atoms with Crippen LogP contribution in [-0.2, 0) is 14.3 Å². The van der Waals surface area contributed by atoms with Crippen molar-refractivity contribution in [3.63, 3.8) is 0 Å². The van der Waals surface area contributed by atoms with Crippen LogP contribution in [0.5, 0.6) is 0 Å². The van der Waals surface area contributed by atoms with Crippen LogP contribution in [0.25, 0.3) is 0 Å². The Morgan fingerprint density at radius 3 is 2.40 bits per heavy atom. The van der Waals surface area contributed by atoms with Crippen molar-refractivity contribution in [2.24, 2.45) is 23.7 Å². The molecule has 1 amide bonds. The predicted octanol–water partition coefficient (Wildman–Crippen LogP) is 1.86. The Morgan fingerprint density at radius 1 is 1.30 bits per heavy atom. The highest BCUT2D eigenvalue weighted by molar-refractivity contribution is 5.85. The molecule has 116 valence electrons. The molecule has 0 aliphatic heterocycles. The molecule has 0 bridgehead atoms. The molecule has 0 aromatic rings. The van der Waals surface area contributed by atoms with Gasteiger partial charge >= 0.3 is 5.97 Å². The van der Waals surface area contributed by atoms with E-state index in [2.05, 4.69) is 13.8 Å². The number of carbonyl (C=O) groups excluding carboxylic acids is 1. The van der Waals surface area contributed by atoms with Crippen molar-refractivity contribution in [2.75, 3.05) is 26.8 Å². The van der Waals surface area contributed by atoms with E-state index in [1.807, 2.05) is 6.92 Å². The maximum atomic E-state index is 12.7. The van der Waals surface area contributed by atoms with Crippen LogP contribution < -0.4 is 0 Å². The molecule has 1 aliphatic carbocycles. The van der Waals surface area contributed by atoms with Gasteiger partial charge in [0.2, 0.25) is 5.91 Å². The number of nitrogens with zero attached hydrogens (tertiary/aromatic N) is 1. The van der Waals surface area contributed by atoms with Gasteiger partial charge in [0.05, 0.1) is 18.4 Å². The maximum absolute atomic E-state index is 12.7. The van der Waals surface area contributed by atoms with Crippen LogP contribution in [0.15, 0.2) is 0 Å². The molecular formula is C15H27NO4. The van der Waals surface area contributed by atoms with Crippen LogP contribution in [-0.4, -0.2) is 48.7 Å². The average Bonchev–Trinajstić information content (AvgIpc) is 2.75. The number of ether oxygens (including phenoxy) is 1. The summed E-state index contributed by atoms with van der Waals surface area (Å²) in [5.74, 6) is -1.12. The lowest BCUT2D eigenvalue weighted by molar-refractivity contribution is -0.149. The number of carboxylic acid groups (broad SMARTS) is 1. The Balaban J connectivity index is 2.78. The Hall–Kier alpha value is -1.10. The summed E-state index contributed by atoms with van der Waals surface area (Å²) in [6, 6.07) is 0. The van der Waals surface area contributed by atoms with Gasteiger partial charge in [-0.15, -0.1) is 0 Å². The number of amides is 1. The molecule has 0 aromatic carbocycles. The van der Waals surface area contributed by atoms with E-state index < -0.39 is 11.9 Å².